The van der Waals surface area contributed by atoms with Crippen LogP contribution in [0.5, 0.6) is 5.75 Å². The summed E-state index contributed by atoms with van der Waals surface area (Å²) in [5, 5.41) is 9.42. The molecule has 0 fully saturated rings. The van der Waals surface area contributed by atoms with Gasteiger partial charge in [-0.3, -0.25) is 0 Å². The van der Waals surface area contributed by atoms with Crippen LogP contribution in [0.3, 0.4) is 0 Å². The molecule has 0 aliphatic rings. The van der Waals surface area contributed by atoms with Crippen LogP contribution in [0.25, 0.3) is 0 Å². The van der Waals surface area contributed by atoms with Crippen LogP contribution in [-0.4, -0.2) is 5.11 Å². The highest BCUT2D eigenvalue weighted by Gasteiger charge is 2.10. The van der Waals surface area contributed by atoms with Crippen molar-refractivity contribution in [3.63, 3.8) is 0 Å². The molecule has 0 amide bonds. The molecule has 0 aliphatic carbocycles. The lowest BCUT2D eigenvalue weighted by Gasteiger charge is -2.25. The highest BCUT2D eigenvalue weighted by Crippen LogP contribution is 2.28. The third-order valence-electron chi connectivity index (χ3n) is 3.62. The summed E-state index contributed by atoms with van der Waals surface area (Å²) in [4.78, 5) is 2.06. The average molecular weight is 308 g/mol. The molecular weight excluding hydrogens is 291 g/mol. The van der Waals surface area contributed by atoms with Gasteiger partial charge in [-0.1, -0.05) is 12.1 Å². The van der Waals surface area contributed by atoms with E-state index in [1.54, 1.807) is 24.3 Å². The molecular formula is C19H17FN2O. The number of nitrogens with two attached hydrogens (primary N) is 1. The fourth-order valence-corrected chi connectivity index (χ4v) is 2.39. The molecule has 0 atom stereocenters. The zero-order chi connectivity index (χ0) is 16.2. The molecule has 3 nitrogen and oxygen atoms in total. The van der Waals surface area contributed by atoms with Crippen LogP contribution in [0.4, 0.5) is 21.5 Å². The number of phenols is 1. The summed E-state index contributed by atoms with van der Waals surface area (Å²) in [6.07, 6.45) is 0. The van der Waals surface area contributed by atoms with Gasteiger partial charge in [0, 0.05) is 23.6 Å². The molecule has 0 bridgehead atoms. The van der Waals surface area contributed by atoms with Crippen molar-refractivity contribution in [2.45, 2.75) is 6.54 Å². The van der Waals surface area contributed by atoms with E-state index in [1.807, 2.05) is 36.4 Å². The Morgan fingerprint density at radius 1 is 0.783 bits per heavy atom. The number of nitrogen functional groups attached to an aromatic ring is 1. The second kappa shape index (κ2) is 6.40. The van der Waals surface area contributed by atoms with Gasteiger partial charge < -0.3 is 15.7 Å². The van der Waals surface area contributed by atoms with Crippen molar-refractivity contribution < 1.29 is 9.50 Å². The number of hydrogen-bond donors (Lipinski definition) is 2. The lowest BCUT2D eigenvalue weighted by molar-refractivity contribution is 0.475. The highest BCUT2D eigenvalue weighted by atomic mass is 19.1. The summed E-state index contributed by atoms with van der Waals surface area (Å²) in [7, 11) is 0. The molecule has 3 aromatic carbocycles. The third-order valence-corrected chi connectivity index (χ3v) is 3.62. The molecule has 0 saturated heterocycles. The molecule has 0 unspecified atom stereocenters. The first-order chi connectivity index (χ1) is 11.1. The van der Waals surface area contributed by atoms with Gasteiger partial charge in [-0.05, 0) is 66.2 Å². The Balaban J connectivity index is 1.97. The van der Waals surface area contributed by atoms with E-state index in [2.05, 4.69) is 4.90 Å². The SMILES string of the molecule is Nc1ccc(N(Cc2ccc(O)cc2)c2ccc(F)cc2)cc1. The van der Waals surface area contributed by atoms with Crippen LogP contribution < -0.4 is 10.6 Å². The molecule has 0 saturated carbocycles. The average Bonchev–Trinajstić information content (AvgIpc) is 2.56. The fourth-order valence-electron chi connectivity index (χ4n) is 2.39. The smallest absolute Gasteiger partial charge is 0.123 e. The normalized spacial score (nSPS) is 10.5. The monoisotopic (exact) mass is 308 g/mol. The summed E-state index contributed by atoms with van der Waals surface area (Å²) >= 11 is 0. The first kappa shape index (κ1) is 14.9. The maximum absolute atomic E-state index is 13.2. The van der Waals surface area contributed by atoms with Gasteiger partial charge >= 0.3 is 0 Å². The molecule has 0 spiro atoms. The first-order valence-electron chi connectivity index (χ1n) is 7.28. The van der Waals surface area contributed by atoms with Crippen LogP contribution >= 0.6 is 0 Å². The number of halogens is 1. The molecule has 4 heteroatoms. The van der Waals surface area contributed by atoms with Gasteiger partial charge in [0.2, 0.25) is 0 Å². The number of nitrogens with zero attached hydrogens (tertiary/aromatic N) is 1. The zero-order valence-electron chi connectivity index (χ0n) is 12.5. The predicted molar refractivity (Wildman–Crippen MR) is 91.2 cm³/mol. The van der Waals surface area contributed by atoms with Gasteiger partial charge in [0.1, 0.15) is 11.6 Å². The molecule has 23 heavy (non-hydrogen) atoms. The van der Waals surface area contributed by atoms with E-state index in [-0.39, 0.29) is 11.6 Å². The summed E-state index contributed by atoms with van der Waals surface area (Å²) in [5.41, 5.74) is 9.32. The Bertz CT molecular complexity index is 722. The minimum absolute atomic E-state index is 0.231. The van der Waals surface area contributed by atoms with Crippen LogP contribution in [0.1, 0.15) is 5.56 Å². The Labute approximate surface area is 134 Å². The minimum Gasteiger partial charge on any atom is -0.508 e. The maximum Gasteiger partial charge on any atom is 0.123 e. The van der Waals surface area contributed by atoms with Crippen LogP contribution in [0.2, 0.25) is 0 Å². The number of hydrogen-bond acceptors (Lipinski definition) is 3. The van der Waals surface area contributed by atoms with Crippen molar-refractivity contribution >= 4 is 17.1 Å². The van der Waals surface area contributed by atoms with Gasteiger partial charge in [-0.2, -0.15) is 0 Å². The summed E-state index contributed by atoms with van der Waals surface area (Å²) in [5.74, 6) is -0.0368. The molecule has 0 heterocycles. The zero-order valence-corrected chi connectivity index (χ0v) is 12.5. The Morgan fingerprint density at radius 3 is 1.87 bits per heavy atom. The Hall–Kier alpha value is -3.01. The fraction of sp³-hybridized carbons (Fsp3) is 0.0526. The number of aromatic hydroxyl groups is 1. The minimum atomic E-state index is -0.268. The lowest BCUT2D eigenvalue weighted by Crippen LogP contribution is -2.16. The Morgan fingerprint density at radius 2 is 1.30 bits per heavy atom. The van der Waals surface area contributed by atoms with Gasteiger partial charge in [0.25, 0.3) is 0 Å². The van der Waals surface area contributed by atoms with E-state index >= 15 is 0 Å². The van der Waals surface area contributed by atoms with Crippen LogP contribution in [0, 0.1) is 5.82 Å². The highest BCUT2D eigenvalue weighted by molar-refractivity contribution is 5.65. The van der Waals surface area contributed by atoms with E-state index in [0.29, 0.717) is 12.2 Å². The predicted octanol–water partition coefficient (Wildman–Crippen LogP) is 4.45. The van der Waals surface area contributed by atoms with Crippen LogP contribution in [0.15, 0.2) is 72.8 Å². The van der Waals surface area contributed by atoms with Gasteiger partial charge in [0.05, 0.1) is 0 Å². The molecule has 3 N–H and O–H groups in total. The van der Waals surface area contributed by atoms with Gasteiger partial charge in [-0.15, -0.1) is 0 Å². The number of rotatable bonds is 4. The van der Waals surface area contributed by atoms with Gasteiger partial charge in [-0.25, -0.2) is 4.39 Å². The summed E-state index contributed by atoms with van der Waals surface area (Å²) in [6, 6.07) is 20.9. The maximum atomic E-state index is 13.2. The number of anilines is 3. The van der Waals surface area contributed by atoms with Crippen molar-refractivity contribution in [2.24, 2.45) is 0 Å². The molecule has 3 aromatic rings. The molecule has 0 aliphatic heterocycles. The lowest BCUT2D eigenvalue weighted by atomic mass is 10.1. The van der Waals surface area contributed by atoms with Crippen molar-refractivity contribution in [3.8, 4) is 5.75 Å². The van der Waals surface area contributed by atoms with Gasteiger partial charge in [0.15, 0.2) is 0 Å². The molecule has 3 rings (SSSR count). The second-order valence-electron chi connectivity index (χ2n) is 5.32. The van der Waals surface area contributed by atoms with E-state index in [0.717, 1.165) is 16.9 Å². The van der Waals surface area contributed by atoms with Crippen LogP contribution in [-0.2, 0) is 6.54 Å². The largest absolute Gasteiger partial charge is 0.508 e. The molecule has 0 radical (unpaired) electrons. The summed E-state index contributed by atoms with van der Waals surface area (Å²) < 4.78 is 13.2. The van der Waals surface area contributed by atoms with E-state index in [9.17, 15) is 9.50 Å². The van der Waals surface area contributed by atoms with E-state index in [4.69, 9.17) is 5.73 Å². The first-order valence-corrected chi connectivity index (χ1v) is 7.28. The second-order valence-corrected chi connectivity index (χ2v) is 5.32. The van der Waals surface area contributed by atoms with Crippen molar-refractivity contribution in [3.05, 3.63) is 84.2 Å². The number of benzene rings is 3. The van der Waals surface area contributed by atoms with Crippen molar-refractivity contribution in [2.75, 3.05) is 10.6 Å². The summed E-state index contributed by atoms with van der Waals surface area (Å²) in [6.45, 7) is 0.593. The number of phenolic OH excluding ortho intramolecular Hbond substituents is 1. The van der Waals surface area contributed by atoms with E-state index in [1.165, 1.54) is 12.1 Å². The quantitative estimate of drug-likeness (QED) is 0.700. The topological polar surface area (TPSA) is 49.5 Å². The third kappa shape index (κ3) is 3.61. The van der Waals surface area contributed by atoms with Crippen molar-refractivity contribution in [1.29, 1.82) is 0 Å². The molecule has 0 aromatic heterocycles. The standard InChI is InChI=1S/C19H17FN2O/c20-15-3-7-17(8-4-15)22(18-9-5-16(21)6-10-18)13-14-1-11-19(23)12-2-14/h1-12,23H,13,21H2. The molecule has 116 valence electrons. The van der Waals surface area contributed by atoms with Crippen molar-refractivity contribution in [1.82, 2.24) is 0 Å². The Kier molecular flexibility index (Phi) is 4.15. The van der Waals surface area contributed by atoms with E-state index < -0.39 is 0 Å².